The first-order chi connectivity index (χ1) is 17.0. The van der Waals surface area contributed by atoms with Gasteiger partial charge >= 0.3 is 0 Å². The number of anilines is 1. The minimum atomic E-state index is -0.505. The average Bonchev–Trinajstić information content (AvgIpc) is 3.29. The van der Waals surface area contributed by atoms with Crippen molar-refractivity contribution in [1.29, 1.82) is 0 Å². The maximum absolute atomic E-state index is 13.6. The van der Waals surface area contributed by atoms with Gasteiger partial charge in [-0.1, -0.05) is 24.3 Å². The molecule has 0 saturated carbocycles. The minimum Gasteiger partial charge on any atom is -0.496 e. The molecule has 10 heteroatoms. The highest BCUT2D eigenvalue weighted by atomic mass is 19.1. The van der Waals surface area contributed by atoms with Gasteiger partial charge in [-0.05, 0) is 36.6 Å². The molecule has 35 heavy (non-hydrogen) atoms. The lowest BCUT2D eigenvalue weighted by Crippen LogP contribution is -2.23. The van der Waals surface area contributed by atoms with Crippen molar-refractivity contribution in [2.45, 2.75) is 25.3 Å². The van der Waals surface area contributed by atoms with E-state index in [-0.39, 0.29) is 18.0 Å². The monoisotopic (exact) mass is 476 g/mol. The first-order valence-corrected chi connectivity index (χ1v) is 11.3. The van der Waals surface area contributed by atoms with E-state index < -0.39 is 11.7 Å². The van der Waals surface area contributed by atoms with Crippen LogP contribution in [0.1, 0.15) is 40.5 Å². The molecule has 0 spiro atoms. The van der Waals surface area contributed by atoms with E-state index in [2.05, 4.69) is 15.4 Å². The molecule has 1 aliphatic heterocycles. The van der Waals surface area contributed by atoms with Crippen LogP contribution >= 0.6 is 0 Å². The third-order valence-corrected chi connectivity index (χ3v) is 6.10. The quantitative estimate of drug-likeness (QED) is 0.438. The van der Waals surface area contributed by atoms with Gasteiger partial charge < -0.3 is 20.5 Å². The lowest BCUT2D eigenvalue weighted by atomic mass is 10.0. The Morgan fingerprint density at radius 1 is 1.29 bits per heavy atom. The second-order valence-electron chi connectivity index (χ2n) is 8.36. The van der Waals surface area contributed by atoms with Crippen LogP contribution in [0.3, 0.4) is 0 Å². The fourth-order valence-corrected chi connectivity index (χ4v) is 4.30. The summed E-state index contributed by atoms with van der Waals surface area (Å²) in [5, 5.41) is 7.20. The van der Waals surface area contributed by atoms with Gasteiger partial charge in [-0.25, -0.2) is 18.9 Å². The number of methoxy groups -OCH3 is 1. The van der Waals surface area contributed by atoms with Crippen LogP contribution in [-0.2, 0) is 11.3 Å². The number of hydrogen-bond donors (Lipinski definition) is 2. The predicted octanol–water partition coefficient (Wildman–Crippen LogP) is 3.35. The van der Waals surface area contributed by atoms with Crippen molar-refractivity contribution in [1.82, 2.24) is 24.9 Å². The molecule has 180 valence electrons. The molecule has 1 saturated heterocycles. The summed E-state index contributed by atoms with van der Waals surface area (Å²) in [4.78, 5) is 21.6. The molecule has 1 aliphatic rings. The number of nitrogens with zero attached hydrogens (tertiary/aromatic N) is 4. The molecular weight excluding hydrogens is 451 g/mol. The molecule has 2 aromatic heterocycles. The number of nitrogens with one attached hydrogen (secondary N) is 1. The molecule has 3 heterocycles. The van der Waals surface area contributed by atoms with Gasteiger partial charge in [0.25, 0.3) is 5.91 Å². The second kappa shape index (κ2) is 9.67. The summed E-state index contributed by atoms with van der Waals surface area (Å²) >= 11 is 0. The Hall–Kier alpha value is -4.05. The van der Waals surface area contributed by atoms with Crippen molar-refractivity contribution in [3.8, 4) is 17.0 Å². The summed E-state index contributed by atoms with van der Waals surface area (Å²) in [6.07, 6.45) is 3.37. The molecule has 1 atom stereocenters. The molecule has 4 aromatic rings. The number of nitrogen functional groups attached to an aromatic ring is 1. The van der Waals surface area contributed by atoms with Gasteiger partial charge in [0.15, 0.2) is 5.82 Å². The van der Waals surface area contributed by atoms with Gasteiger partial charge in [-0.3, -0.25) is 4.79 Å². The van der Waals surface area contributed by atoms with Crippen molar-refractivity contribution in [3.63, 3.8) is 0 Å². The SMILES string of the molecule is COc1ccc(F)cc1C(=O)NCc1ccc(-c2nc(C3CCCOC3)n3ncnc(N)c23)cc1. The maximum atomic E-state index is 13.6. The molecule has 1 amide bonds. The van der Waals surface area contributed by atoms with Crippen molar-refractivity contribution < 1.29 is 18.7 Å². The molecule has 2 aromatic carbocycles. The summed E-state index contributed by atoms with van der Waals surface area (Å²) in [5.41, 5.74) is 9.43. The van der Waals surface area contributed by atoms with Gasteiger partial charge in [0.05, 0.1) is 19.3 Å². The number of aromatic nitrogens is 4. The van der Waals surface area contributed by atoms with Crippen LogP contribution in [0, 0.1) is 5.82 Å². The van der Waals surface area contributed by atoms with Crippen molar-refractivity contribution in [2.75, 3.05) is 26.1 Å². The number of ether oxygens (including phenoxy) is 2. The molecule has 0 radical (unpaired) electrons. The Balaban J connectivity index is 1.38. The number of rotatable bonds is 6. The van der Waals surface area contributed by atoms with Gasteiger partial charge in [-0.2, -0.15) is 5.10 Å². The zero-order chi connectivity index (χ0) is 24.4. The number of amides is 1. The van der Waals surface area contributed by atoms with E-state index in [1.807, 2.05) is 24.3 Å². The fraction of sp³-hybridized carbons (Fsp3) is 0.280. The number of nitrogens with two attached hydrogens (primary N) is 1. The first kappa shape index (κ1) is 22.7. The van der Waals surface area contributed by atoms with E-state index in [1.54, 1.807) is 4.52 Å². The zero-order valence-electron chi connectivity index (χ0n) is 19.2. The highest BCUT2D eigenvalue weighted by Crippen LogP contribution is 2.32. The van der Waals surface area contributed by atoms with Crippen LogP contribution in [0.4, 0.5) is 10.2 Å². The van der Waals surface area contributed by atoms with E-state index in [0.717, 1.165) is 42.5 Å². The molecule has 3 N–H and O–H groups in total. The third kappa shape index (κ3) is 4.52. The van der Waals surface area contributed by atoms with Crippen LogP contribution < -0.4 is 15.8 Å². The van der Waals surface area contributed by atoms with Crippen molar-refractivity contribution >= 4 is 17.2 Å². The summed E-state index contributed by atoms with van der Waals surface area (Å²) in [6, 6.07) is 11.5. The van der Waals surface area contributed by atoms with Crippen LogP contribution in [0.5, 0.6) is 5.75 Å². The average molecular weight is 477 g/mol. The van der Waals surface area contributed by atoms with Crippen molar-refractivity contribution in [2.24, 2.45) is 0 Å². The first-order valence-electron chi connectivity index (χ1n) is 11.3. The highest BCUT2D eigenvalue weighted by molar-refractivity contribution is 5.96. The number of fused-ring (bicyclic) bond motifs is 1. The number of imidazole rings is 1. The normalized spacial score (nSPS) is 15.8. The lowest BCUT2D eigenvalue weighted by Gasteiger charge is -2.20. The number of benzene rings is 2. The lowest BCUT2D eigenvalue weighted by molar-refractivity contribution is 0.0776. The van der Waals surface area contributed by atoms with E-state index >= 15 is 0 Å². The Labute approximate surface area is 201 Å². The zero-order valence-corrected chi connectivity index (χ0v) is 19.2. The van der Waals surface area contributed by atoms with Crippen LogP contribution in [0.15, 0.2) is 48.8 Å². The number of carbonyl (C=O) groups excluding carboxylic acids is 1. The highest BCUT2D eigenvalue weighted by Gasteiger charge is 2.25. The molecule has 9 nitrogen and oxygen atoms in total. The van der Waals surface area contributed by atoms with Crippen LogP contribution in [-0.4, -0.2) is 45.8 Å². The largest absolute Gasteiger partial charge is 0.496 e. The Kier molecular flexibility index (Phi) is 6.28. The topological polar surface area (TPSA) is 117 Å². The summed E-state index contributed by atoms with van der Waals surface area (Å²) in [5.74, 6) is 0.679. The number of carbonyl (C=O) groups is 1. The predicted molar refractivity (Wildman–Crippen MR) is 128 cm³/mol. The van der Waals surface area contributed by atoms with E-state index in [4.69, 9.17) is 20.2 Å². The van der Waals surface area contributed by atoms with E-state index in [1.165, 1.54) is 25.6 Å². The fourth-order valence-electron chi connectivity index (χ4n) is 4.30. The smallest absolute Gasteiger partial charge is 0.255 e. The van der Waals surface area contributed by atoms with Gasteiger partial charge in [-0.15, -0.1) is 0 Å². The molecule has 0 bridgehead atoms. The van der Waals surface area contributed by atoms with E-state index in [9.17, 15) is 9.18 Å². The Morgan fingerprint density at radius 2 is 2.11 bits per heavy atom. The van der Waals surface area contributed by atoms with Crippen molar-refractivity contribution in [3.05, 3.63) is 71.6 Å². The Bertz CT molecular complexity index is 1370. The van der Waals surface area contributed by atoms with Crippen LogP contribution in [0.25, 0.3) is 16.8 Å². The molecule has 5 rings (SSSR count). The standard InChI is InChI=1S/C25H25FN6O3/c1-34-20-9-8-18(26)11-19(20)25(33)28-12-15-4-6-16(7-5-15)21-22-23(27)29-14-30-32(22)24(31-21)17-3-2-10-35-13-17/h4-9,11,14,17H,2-3,10,12-13H2,1H3,(H,28,33)(H2,27,29,30). The second-order valence-corrected chi connectivity index (χ2v) is 8.36. The number of hydrogen-bond acceptors (Lipinski definition) is 7. The third-order valence-electron chi connectivity index (χ3n) is 6.10. The van der Waals surface area contributed by atoms with Gasteiger partial charge in [0, 0.05) is 24.6 Å². The van der Waals surface area contributed by atoms with Gasteiger partial charge in [0.2, 0.25) is 0 Å². The molecule has 1 fully saturated rings. The summed E-state index contributed by atoms with van der Waals surface area (Å²) in [7, 11) is 1.44. The summed E-state index contributed by atoms with van der Waals surface area (Å²) in [6.45, 7) is 1.61. The van der Waals surface area contributed by atoms with E-state index in [0.29, 0.717) is 29.4 Å². The Morgan fingerprint density at radius 3 is 2.86 bits per heavy atom. The summed E-state index contributed by atoms with van der Waals surface area (Å²) < 4.78 is 26.2. The molecule has 1 unspecified atom stereocenters. The number of halogens is 1. The van der Waals surface area contributed by atoms with Crippen LogP contribution in [0.2, 0.25) is 0 Å². The van der Waals surface area contributed by atoms with Gasteiger partial charge in [0.1, 0.15) is 34.9 Å². The maximum Gasteiger partial charge on any atom is 0.255 e. The molecule has 0 aliphatic carbocycles. The molecular formula is C25H25FN6O3. The minimum absolute atomic E-state index is 0.133.